The van der Waals surface area contributed by atoms with Gasteiger partial charge in [0.05, 0.1) is 6.54 Å². The van der Waals surface area contributed by atoms with Gasteiger partial charge in [0.1, 0.15) is 0 Å². The minimum atomic E-state index is 0.361. The fourth-order valence-corrected chi connectivity index (χ4v) is 9.20. The lowest BCUT2D eigenvalue weighted by Crippen LogP contribution is -2.16. The van der Waals surface area contributed by atoms with Crippen LogP contribution >= 0.6 is 11.8 Å². The second kappa shape index (κ2) is 13.0. The molecule has 5 aromatic carbocycles. The normalized spacial score (nSPS) is 21.4. The molecule has 4 heteroatoms. The zero-order valence-corrected chi connectivity index (χ0v) is 28.4. The molecule has 0 bridgehead atoms. The van der Waals surface area contributed by atoms with Crippen LogP contribution in [0.2, 0.25) is 0 Å². The van der Waals surface area contributed by atoms with E-state index < -0.39 is 0 Å². The Balaban J connectivity index is 0.984. The van der Waals surface area contributed by atoms with E-state index in [1.807, 2.05) is 72.4 Å². The van der Waals surface area contributed by atoms with Crippen LogP contribution in [0.1, 0.15) is 56.7 Å². The number of aliphatic imine (C=N–C) groups is 3. The number of benzene rings is 5. The molecule has 0 saturated carbocycles. The Morgan fingerprint density at radius 3 is 2.06 bits per heavy atom. The number of nitrogens with zero attached hydrogens (tertiary/aromatic N) is 3. The van der Waals surface area contributed by atoms with Crippen molar-refractivity contribution in [3.8, 4) is 11.1 Å². The molecule has 3 nitrogen and oxygen atoms in total. The Bertz CT molecular complexity index is 2310. The number of thioether (sulfide) groups is 1. The highest BCUT2D eigenvalue weighted by Crippen LogP contribution is 2.52. The zero-order valence-electron chi connectivity index (χ0n) is 27.6. The predicted octanol–water partition coefficient (Wildman–Crippen LogP) is 11.0. The van der Waals surface area contributed by atoms with Crippen LogP contribution in [0.4, 0.5) is 0 Å². The largest absolute Gasteiger partial charge is 0.261 e. The maximum Gasteiger partial charge on any atom is 0.161 e. The van der Waals surface area contributed by atoms with Gasteiger partial charge in [-0.25, -0.2) is 9.98 Å². The highest BCUT2D eigenvalue weighted by atomic mass is 32.2. The van der Waals surface area contributed by atoms with E-state index in [1.165, 1.54) is 43.8 Å². The van der Waals surface area contributed by atoms with E-state index in [1.54, 1.807) is 0 Å². The van der Waals surface area contributed by atoms with Gasteiger partial charge in [0, 0.05) is 39.0 Å². The summed E-state index contributed by atoms with van der Waals surface area (Å²) in [6, 6.07) is 42.9. The van der Waals surface area contributed by atoms with Crippen LogP contribution in [0.15, 0.2) is 184 Å². The SMILES string of the molecule is C=NC(=NC(=NCc1ccc2c(c1)SC1C=C(c3ccc4c(c3)-c3ccccc3C3C=CC=CC43)C=CC21)c1ccccc1)c1ccccc1. The first-order valence-corrected chi connectivity index (χ1v) is 18.1. The van der Waals surface area contributed by atoms with Gasteiger partial charge in [-0.05, 0) is 63.4 Å². The molecule has 0 saturated heterocycles. The molecule has 0 aromatic heterocycles. The number of fused-ring (bicyclic) bond motifs is 9. The van der Waals surface area contributed by atoms with E-state index in [0.29, 0.717) is 41.2 Å². The minimum absolute atomic E-state index is 0.361. The monoisotopic (exact) mass is 661 g/mol. The van der Waals surface area contributed by atoms with Crippen LogP contribution < -0.4 is 0 Å². The highest BCUT2D eigenvalue weighted by molar-refractivity contribution is 8.00. The van der Waals surface area contributed by atoms with Gasteiger partial charge in [-0.15, -0.1) is 11.8 Å². The molecule has 4 unspecified atom stereocenters. The van der Waals surface area contributed by atoms with Gasteiger partial charge in [0.25, 0.3) is 0 Å². The van der Waals surface area contributed by atoms with Crippen molar-refractivity contribution in [1.82, 2.24) is 0 Å². The lowest BCUT2D eigenvalue weighted by Gasteiger charge is -2.34. The maximum absolute atomic E-state index is 5.02. The smallest absolute Gasteiger partial charge is 0.161 e. The summed E-state index contributed by atoms with van der Waals surface area (Å²) < 4.78 is 0. The van der Waals surface area contributed by atoms with Crippen molar-refractivity contribution in [2.75, 3.05) is 0 Å². The van der Waals surface area contributed by atoms with Crippen molar-refractivity contribution >= 4 is 35.7 Å². The molecule has 5 aromatic rings. The Kier molecular flexibility index (Phi) is 7.95. The summed E-state index contributed by atoms with van der Waals surface area (Å²) in [5.74, 6) is 2.37. The predicted molar refractivity (Wildman–Crippen MR) is 211 cm³/mol. The number of hydrogen-bond donors (Lipinski definition) is 0. The standard InChI is InChI=1S/C46H35N3S/c1-47-45(31-12-4-2-5-13-31)49-46(32-14-6-3-7-15-32)48-29-30-20-23-40-41-25-22-34(28-44(41)50-43(40)26-30)33-21-24-39-37-18-9-8-16-35(37)36-17-10-11-19-38(36)42(39)27-33/h2-28,35,37,41,44H,1,29H2. The van der Waals surface area contributed by atoms with Crippen molar-refractivity contribution < 1.29 is 0 Å². The number of hydrogen-bond acceptors (Lipinski definition) is 2. The van der Waals surface area contributed by atoms with Gasteiger partial charge in [-0.3, -0.25) is 4.99 Å². The molecule has 0 N–H and O–H groups in total. The Labute approximate surface area is 298 Å². The number of allylic oxidation sites excluding steroid dienone is 7. The zero-order chi connectivity index (χ0) is 33.4. The van der Waals surface area contributed by atoms with Crippen LogP contribution in [0.5, 0.6) is 0 Å². The van der Waals surface area contributed by atoms with E-state index in [0.717, 1.165) is 16.7 Å². The Hall–Kier alpha value is -5.58. The second-order valence-corrected chi connectivity index (χ2v) is 14.4. The molecule has 1 heterocycles. The number of amidine groups is 2. The molecule has 240 valence electrons. The lowest BCUT2D eigenvalue weighted by molar-refractivity contribution is 0.720. The van der Waals surface area contributed by atoms with Crippen LogP contribution in [0, 0.1) is 0 Å². The lowest BCUT2D eigenvalue weighted by atomic mass is 9.69. The second-order valence-electron chi connectivity index (χ2n) is 13.1. The molecular weight excluding hydrogens is 627 g/mol. The molecule has 0 amide bonds. The van der Waals surface area contributed by atoms with Crippen LogP contribution in [-0.2, 0) is 6.54 Å². The summed E-state index contributed by atoms with van der Waals surface area (Å²) in [6.45, 7) is 4.32. The Morgan fingerprint density at radius 1 is 0.620 bits per heavy atom. The van der Waals surface area contributed by atoms with E-state index in [4.69, 9.17) is 9.98 Å². The fraction of sp³-hybridized carbons (Fsp3) is 0.109. The van der Waals surface area contributed by atoms with Gasteiger partial charge in [-0.2, -0.15) is 0 Å². The van der Waals surface area contributed by atoms with Crippen molar-refractivity contribution in [3.05, 3.63) is 203 Å². The van der Waals surface area contributed by atoms with Gasteiger partial charge >= 0.3 is 0 Å². The van der Waals surface area contributed by atoms with Gasteiger partial charge in [-0.1, -0.05) is 152 Å². The van der Waals surface area contributed by atoms with Gasteiger partial charge in [0.2, 0.25) is 0 Å². The molecule has 50 heavy (non-hydrogen) atoms. The summed E-state index contributed by atoms with van der Waals surface area (Å²) in [5.41, 5.74) is 12.6. The summed E-state index contributed by atoms with van der Waals surface area (Å²) >= 11 is 1.96. The highest BCUT2D eigenvalue weighted by Gasteiger charge is 2.34. The summed E-state index contributed by atoms with van der Waals surface area (Å²) in [5, 5.41) is 0.361. The summed E-state index contributed by atoms with van der Waals surface area (Å²) in [6.07, 6.45) is 16.3. The van der Waals surface area contributed by atoms with E-state index >= 15 is 0 Å². The number of rotatable bonds is 5. The molecule has 9 rings (SSSR count). The van der Waals surface area contributed by atoms with Gasteiger partial charge in [0.15, 0.2) is 11.7 Å². The molecular formula is C46H35N3S. The third-order valence-corrected chi connectivity index (χ3v) is 11.5. The van der Waals surface area contributed by atoms with Gasteiger partial charge < -0.3 is 0 Å². The molecule has 0 spiro atoms. The average Bonchev–Trinajstić information content (AvgIpc) is 3.56. The molecule has 1 aliphatic heterocycles. The van der Waals surface area contributed by atoms with Crippen LogP contribution in [-0.4, -0.2) is 23.6 Å². The van der Waals surface area contributed by atoms with Crippen LogP contribution in [0.3, 0.4) is 0 Å². The fourth-order valence-electron chi connectivity index (χ4n) is 7.75. The summed E-state index contributed by atoms with van der Waals surface area (Å²) in [7, 11) is 0. The third-order valence-electron chi connectivity index (χ3n) is 10.2. The van der Waals surface area contributed by atoms with Crippen molar-refractivity contribution in [3.63, 3.8) is 0 Å². The molecule has 3 aliphatic carbocycles. The topological polar surface area (TPSA) is 37.1 Å². The van der Waals surface area contributed by atoms with E-state index in [2.05, 4.69) is 115 Å². The quantitative estimate of drug-likeness (QED) is 0.136. The first-order valence-electron chi connectivity index (χ1n) is 17.2. The first kappa shape index (κ1) is 30.5. The first-order chi connectivity index (χ1) is 24.7. The minimum Gasteiger partial charge on any atom is -0.261 e. The van der Waals surface area contributed by atoms with E-state index in [9.17, 15) is 0 Å². The maximum atomic E-state index is 5.02. The van der Waals surface area contributed by atoms with E-state index in [-0.39, 0.29) is 0 Å². The molecule has 0 radical (unpaired) electrons. The summed E-state index contributed by atoms with van der Waals surface area (Å²) in [4.78, 5) is 15.5. The van der Waals surface area contributed by atoms with Crippen molar-refractivity contribution in [1.29, 1.82) is 0 Å². The molecule has 0 fully saturated rings. The third kappa shape index (κ3) is 5.56. The Morgan fingerprint density at radius 2 is 1.30 bits per heavy atom. The van der Waals surface area contributed by atoms with Crippen molar-refractivity contribution in [2.45, 2.75) is 34.4 Å². The average molecular weight is 662 g/mol. The van der Waals surface area contributed by atoms with Crippen molar-refractivity contribution in [2.24, 2.45) is 15.0 Å². The molecule has 4 atom stereocenters. The molecule has 4 aliphatic rings. The van der Waals surface area contributed by atoms with Crippen LogP contribution in [0.25, 0.3) is 16.7 Å².